The summed E-state index contributed by atoms with van der Waals surface area (Å²) >= 11 is 5.86. The number of hydrogen-bond donors (Lipinski definition) is 3. The lowest BCUT2D eigenvalue weighted by molar-refractivity contribution is 0.232. The first-order valence-electron chi connectivity index (χ1n) is 9.51. The number of nitrogens with zero attached hydrogens (tertiary/aromatic N) is 2. The number of piperidine rings is 1. The van der Waals surface area contributed by atoms with E-state index in [1.165, 1.54) is 44.5 Å². The maximum absolute atomic E-state index is 12.2. The van der Waals surface area contributed by atoms with Crippen LogP contribution in [-0.4, -0.2) is 65.1 Å². The predicted octanol–water partition coefficient (Wildman–Crippen LogP) is 2.28. The number of guanidine groups is 1. The fraction of sp³-hybridized carbons (Fsp3) is 0.611. The van der Waals surface area contributed by atoms with E-state index in [1.807, 2.05) is 6.92 Å². The van der Waals surface area contributed by atoms with Gasteiger partial charge in [-0.15, -0.1) is 24.0 Å². The Hall–Kier alpha value is -0.620. The highest BCUT2D eigenvalue weighted by Gasteiger charge is 2.13. The maximum Gasteiger partial charge on any atom is 0.240 e. The van der Waals surface area contributed by atoms with Crippen molar-refractivity contribution in [1.29, 1.82) is 0 Å². The second kappa shape index (κ2) is 13.6. The SMILES string of the molecule is CCNC(=NCCNS(=O)(=O)c1cccc(Cl)c1)NCCN1CCCCC1.I. The molecule has 0 amide bonds. The molecule has 0 aliphatic carbocycles. The van der Waals surface area contributed by atoms with Gasteiger partial charge in [0.15, 0.2) is 5.96 Å². The van der Waals surface area contributed by atoms with Gasteiger partial charge in [0.1, 0.15) is 0 Å². The molecule has 0 atom stereocenters. The summed E-state index contributed by atoms with van der Waals surface area (Å²) in [5.74, 6) is 0.705. The third-order valence-corrected chi connectivity index (χ3v) is 5.99. The number of halogens is 2. The van der Waals surface area contributed by atoms with Gasteiger partial charge in [-0.1, -0.05) is 24.1 Å². The Labute approximate surface area is 190 Å². The van der Waals surface area contributed by atoms with E-state index in [2.05, 4.69) is 25.2 Å². The monoisotopic (exact) mass is 543 g/mol. The number of nitrogens with one attached hydrogen (secondary N) is 3. The van der Waals surface area contributed by atoms with Crippen molar-refractivity contribution in [3.05, 3.63) is 29.3 Å². The molecule has 0 bridgehead atoms. The van der Waals surface area contributed by atoms with Gasteiger partial charge >= 0.3 is 0 Å². The van der Waals surface area contributed by atoms with E-state index in [-0.39, 0.29) is 35.4 Å². The summed E-state index contributed by atoms with van der Waals surface area (Å²) in [5.41, 5.74) is 0. The average molecular weight is 544 g/mol. The highest BCUT2D eigenvalue weighted by molar-refractivity contribution is 14.0. The molecule has 1 heterocycles. The van der Waals surface area contributed by atoms with Crippen LogP contribution < -0.4 is 15.4 Å². The second-order valence-electron chi connectivity index (χ2n) is 6.44. The van der Waals surface area contributed by atoms with Crippen LogP contribution in [0.3, 0.4) is 0 Å². The molecule has 1 aliphatic rings. The Morgan fingerprint density at radius 2 is 1.93 bits per heavy atom. The van der Waals surface area contributed by atoms with Gasteiger partial charge in [-0.3, -0.25) is 4.99 Å². The van der Waals surface area contributed by atoms with Crippen LogP contribution in [0.1, 0.15) is 26.2 Å². The van der Waals surface area contributed by atoms with Crippen molar-refractivity contribution in [2.24, 2.45) is 4.99 Å². The Morgan fingerprint density at radius 1 is 1.18 bits per heavy atom. The van der Waals surface area contributed by atoms with Gasteiger partial charge in [0.2, 0.25) is 10.0 Å². The first-order valence-corrected chi connectivity index (χ1v) is 11.4. The van der Waals surface area contributed by atoms with Crippen LogP contribution in [0.4, 0.5) is 0 Å². The van der Waals surface area contributed by atoms with Crippen LogP contribution in [-0.2, 0) is 10.0 Å². The molecule has 3 N–H and O–H groups in total. The number of aliphatic imine (C=N–C) groups is 1. The molecule has 2 rings (SSSR count). The fourth-order valence-corrected chi connectivity index (χ4v) is 4.24. The molecule has 1 fully saturated rings. The Kier molecular flexibility index (Phi) is 12.3. The van der Waals surface area contributed by atoms with E-state index < -0.39 is 10.0 Å². The van der Waals surface area contributed by atoms with Gasteiger partial charge in [0.25, 0.3) is 0 Å². The largest absolute Gasteiger partial charge is 0.357 e. The van der Waals surface area contributed by atoms with Crippen molar-refractivity contribution < 1.29 is 8.42 Å². The van der Waals surface area contributed by atoms with E-state index in [0.717, 1.165) is 19.6 Å². The van der Waals surface area contributed by atoms with Crippen LogP contribution in [0.15, 0.2) is 34.2 Å². The number of likely N-dealkylation sites (tertiary alicyclic amines) is 1. The minimum Gasteiger partial charge on any atom is -0.357 e. The first-order chi connectivity index (χ1) is 13.0. The van der Waals surface area contributed by atoms with Gasteiger partial charge in [0, 0.05) is 31.2 Å². The molecule has 1 aliphatic heterocycles. The molecule has 0 unspecified atom stereocenters. The van der Waals surface area contributed by atoms with Crippen LogP contribution in [0.5, 0.6) is 0 Å². The van der Waals surface area contributed by atoms with Gasteiger partial charge in [0.05, 0.1) is 11.4 Å². The van der Waals surface area contributed by atoms with E-state index in [9.17, 15) is 8.42 Å². The van der Waals surface area contributed by atoms with Crippen molar-refractivity contribution in [3.63, 3.8) is 0 Å². The third kappa shape index (κ3) is 9.25. The molecule has 1 saturated heterocycles. The summed E-state index contributed by atoms with van der Waals surface area (Å²) in [6, 6.07) is 6.21. The summed E-state index contributed by atoms with van der Waals surface area (Å²) in [5, 5.41) is 6.88. The van der Waals surface area contributed by atoms with Gasteiger partial charge < -0.3 is 15.5 Å². The Morgan fingerprint density at radius 3 is 2.61 bits per heavy atom. The highest BCUT2D eigenvalue weighted by Crippen LogP contribution is 2.14. The number of sulfonamides is 1. The van der Waals surface area contributed by atoms with Gasteiger partial charge in [-0.2, -0.15) is 0 Å². The van der Waals surface area contributed by atoms with Crippen molar-refractivity contribution in [3.8, 4) is 0 Å². The summed E-state index contributed by atoms with van der Waals surface area (Å²) in [6.45, 7) is 7.47. The van der Waals surface area contributed by atoms with Crippen molar-refractivity contribution in [2.45, 2.75) is 31.1 Å². The van der Waals surface area contributed by atoms with E-state index in [1.54, 1.807) is 12.1 Å². The summed E-state index contributed by atoms with van der Waals surface area (Å²) in [4.78, 5) is 7.05. The Balaban J connectivity index is 0.00000392. The molecule has 0 saturated carbocycles. The third-order valence-electron chi connectivity index (χ3n) is 4.29. The second-order valence-corrected chi connectivity index (χ2v) is 8.65. The number of benzene rings is 1. The van der Waals surface area contributed by atoms with Crippen LogP contribution in [0, 0.1) is 0 Å². The molecule has 28 heavy (non-hydrogen) atoms. The molecule has 0 aromatic heterocycles. The van der Waals surface area contributed by atoms with Crippen LogP contribution in [0.25, 0.3) is 0 Å². The molecule has 0 spiro atoms. The summed E-state index contributed by atoms with van der Waals surface area (Å²) in [7, 11) is -3.58. The zero-order valence-electron chi connectivity index (χ0n) is 16.3. The van der Waals surface area contributed by atoms with Crippen LogP contribution >= 0.6 is 35.6 Å². The molecular weight excluding hydrogens is 513 g/mol. The lowest BCUT2D eigenvalue weighted by atomic mass is 10.1. The maximum atomic E-state index is 12.2. The first kappa shape index (κ1) is 25.4. The van der Waals surface area contributed by atoms with E-state index in [0.29, 0.717) is 17.5 Å². The summed E-state index contributed by atoms with van der Waals surface area (Å²) < 4.78 is 27.0. The van der Waals surface area contributed by atoms with Crippen LogP contribution in [0.2, 0.25) is 5.02 Å². The minimum absolute atomic E-state index is 0. The summed E-state index contributed by atoms with van der Waals surface area (Å²) in [6.07, 6.45) is 3.89. The lowest BCUT2D eigenvalue weighted by Crippen LogP contribution is -2.43. The zero-order valence-corrected chi connectivity index (χ0v) is 20.2. The number of rotatable bonds is 9. The molecular formula is C18H31ClIN5O2S. The van der Waals surface area contributed by atoms with Crippen molar-refractivity contribution >= 4 is 51.6 Å². The molecule has 1 aromatic rings. The highest BCUT2D eigenvalue weighted by atomic mass is 127. The van der Waals surface area contributed by atoms with E-state index in [4.69, 9.17) is 11.6 Å². The molecule has 7 nitrogen and oxygen atoms in total. The standard InChI is InChI=1S/C18H30ClN5O2S.HI/c1-2-20-18(22-11-14-24-12-4-3-5-13-24)21-9-10-23-27(25,26)17-8-6-7-16(19)15-17;/h6-8,15,23H,2-5,9-14H2,1H3,(H2,20,21,22);1H. The zero-order chi connectivity index (χ0) is 19.5. The van der Waals surface area contributed by atoms with Gasteiger partial charge in [-0.25, -0.2) is 13.1 Å². The van der Waals surface area contributed by atoms with Crippen molar-refractivity contribution in [2.75, 3.05) is 45.8 Å². The normalized spacial score (nSPS) is 15.7. The smallest absolute Gasteiger partial charge is 0.240 e. The topological polar surface area (TPSA) is 85.8 Å². The predicted molar refractivity (Wildman–Crippen MR) is 126 cm³/mol. The van der Waals surface area contributed by atoms with Gasteiger partial charge in [-0.05, 0) is 51.1 Å². The van der Waals surface area contributed by atoms with Crippen molar-refractivity contribution in [1.82, 2.24) is 20.3 Å². The molecule has 10 heteroatoms. The number of hydrogen-bond acceptors (Lipinski definition) is 4. The molecule has 1 aromatic carbocycles. The molecule has 0 radical (unpaired) electrons. The lowest BCUT2D eigenvalue weighted by Gasteiger charge is -2.26. The quantitative estimate of drug-likeness (QED) is 0.193. The van der Waals surface area contributed by atoms with E-state index >= 15 is 0 Å². The Bertz CT molecular complexity index is 712. The fourth-order valence-electron chi connectivity index (χ4n) is 2.92. The average Bonchev–Trinajstić information content (AvgIpc) is 2.66. The minimum atomic E-state index is -3.58. The molecule has 160 valence electrons.